The van der Waals surface area contributed by atoms with Crippen LogP contribution in [0.2, 0.25) is 0 Å². The fraction of sp³-hybridized carbons (Fsp3) is 0.630. The van der Waals surface area contributed by atoms with E-state index in [4.69, 9.17) is 9.47 Å². The fourth-order valence-electron chi connectivity index (χ4n) is 11.5. The molecule has 10 rings (SSSR count). The number of fused-ring (bicyclic) bond motifs is 7. The third-order valence-corrected chi connectivity index (χ3v) is 16.1. The number of urea groups is 1. The minimum absolute atomic E-state index is 0.0372. The zero-order valence-corrected chi connectivity index (χ0v) is 35.6. The van der Waals surface area contributed by atoms with E-state index in [0.717, 1.165) is 91.4 Å². The third kappa shape index (κ3) is 6.77. The number of hydrogen-bond donors (Lipinski definition) is 3. The molecule has 2 spiro atoms. The molecule has 6 fully saturated rings. The molecule has 3 N–H and O–H groups in total. The van der Waals surface area contributed by atoms with Gasteiger partial charge in [-0.05, 0) is 102 Å². The summed E-state index contributed by atoms with van der Waals surface area (Å²) in [5.74, 6) is 1.21. The quantitative estimate of drug-likeness (QED) is 0.0400. The number of nitrogens with one attached hydrogen (secondary N) is 3. The highest BCUT2D eigenvalue weighted by atomic mass is 32.2. The number of carbonyl (C=O) groups excluding carboxylic acids is 4. The van der Waals surface area contributed by atoms with Crippen molar-refractivity contribution in [1.82, 2.24) is 20.9 Å². The van der Waals surface area contributed by atoms with Crippen LogP contribution in [0.3, 0.4) is 0 Å². The first-order chi connectivity index (χ1) is 28.4. The van der Waals surface area contributed by atoms with Crippen molar-refractivity contribution >= 4 is 58.6 Å². The van der Waals surface area contributed by atoms with Crippen molar-refractivity contribution < 1.29 is 33.4 Å². The van der Waals surface area contributed by atoms with Crippen LogP contribution >= 0.6 is 11.8 Å². The summed E-state index contributed by atoms with van der Waals surface area (Å²) in [4.78, 5) is 53.2. The van der Waals surface area contributed by atoms with E-state index in [0.29, 0.717) is 61.2 Å². The van der Waals surface area contributed by atoms with Crippen molar-refractivity contribution in [3.63, 3.8) is 0 Å². The minimum Gasteiger partial charge on any atom is -0.618 e. The zero-order chi connectivity index (χ0) is 41.2. The van der Waals surface area contributed by atoms with Gasteiger partial charge in [0.25, 0.3) is 5.91 Å². The molecule has 8 heterocycles. The molecule has 316 valence electrons. The molecule has 59 heavy (non-hydrogen) atoms. The molecule has 0 saturated carbocycles. The number of ether oxygens (including phenoxy) is 2. The lowest BCUT2D eigenvalue weighted by Gasteiger charge is -2.62. The van der Waals surface area contributed by atoms with E-state index in [-0.39, 0.29) is 41.8 Å². The number of unbranched alkanes of at least 4 members (excludes halogenated alkanes) is 7. The van der Waals surface area contributed by atoms with E-state index in [2.05, 4.69) is 54.9 Å². The van der Waals surface area contributed by atoms with Crippen molar-refractivity contribution in [2.75, 3.05) is 18.9 Å². The first-order valence-corrected chi connectivity index (χ1v) is 23.2. The lowest BCUT2D eigenvalue weighted by atomic mass is 9.51. The predicted molar refractivity (Wildman–Crippen MR) is 228 cm³/mol. The second kappa shape index (κ2) is 15.3. The Labute approximate surface area is 351 Å². The van der Waals surface area contributed by atoms with Gasteiger partial charge in [-0.15, -0.1) is 0 Å². The van der Waals surface area contributed by atoms with Crippen LogP contribution in [0.5, 0.6) is 5.75 Å². The number of benzene rings is 1. The molecule has 6 saturated heterocycles. The number of piperidine rings is 2. The maximum Gasteiger partial charge on any atom is 0.315 e. The van der Waals surface area contributed by atoms with Crippen LogP contribution in [0.15, 0.2) is 36.4 Å². The second-order valence-electron chi connectivity index (χ2n) is 18.9. The monoisotopic (exact) mass is 825 g/mol. The maximum atomic E-state index is 14.4. The van der Waals surface area contributed by atoms with Gasteiger partial charge >= 0.3 is 12.0 Å². The van der Waals surface area contributed by atoms with E-state index >= 15 is 0 Å². The number of piperazine rings is 1. The third-order valence-electron chi connectivity index (χ3n) is 14.6. The summed E-state index contributed by atoms with van der Waals surface area (Å²) < 4.78 is 13.1. The summed E-state index contributed by atoms with van der Waals surface area (Å²) in [6.45, 7) is 7.29. The SMILES string of the molecule is CC1(C)C2=[N+]([O-])c3c(ccc4c3C=C[C@](C)(C/C=C/CCCCCCCCOC(=O)CCCC[C@@H]3SC[C@@H]5NC(=O)N[C@@H]53)O4)C2=CC23NC(=O)C4(CCCN4C2=O)CC13. The van der Waals surface area contributed by atoms with Crippen LogP contribution in [0.25, 0.3) is 11.6 Å². The Bertz CT molecular complexity index is 2060. The van der Waals surface area contributed by atoms with Crippen LogP contribution in [0, 0.1) is 16.5 Å². The van der Waals surface area contributed by atoms with Gasteiger partial charge in [0.05, 0.1) is 40.8 Å². The summed E-state index contributed by atoms with van der Waals surface area (Å²) >= 11 is 1.91. The number of allylic oxidation sites excluding steroid dienone is 2. The van der Waals surface area contributed by atoms with Gasteiger partial charge in [-0.3, -0.25) is 14.4 Å². The number of amides is 4. The normalized spacial score (nSPS) is 32.8. The minimum atomic E-state index is -1.16. The van der Waals surface area contributed by atoms with Gasteiger partial charge in [0.1, 0.15) is 22.4 Å². The second-order valence-corrected chi connectivity index (χ2v) is 20.2. The molecular formula is C46H59N5O7S. The summed E-state index contributed by atoms with van der Waals surface area (Å²) in [7, 11) is 0. The lowest BCUT2D eigenvalue weighted by Crippen LogP contribution is -2.83. The van der Waals surface area contributed by atoms with Gasteiger partial charge in [-0.1, -0.05) is 44.3 Å². The molecule has 3 unspecified atom stereocenters. The molecule has 7 atom stereocenters. The smallest absolute Gasteiger partial charge is 0.315 e. The van der Waals surface area contributed by atoms with E-state index in [9.17, 15) is 24.4 Å². The average Bonchev–Trinajstić information content (AvgIpc) is 3.97. The number of rotatable bonds is 16. The van der Waals surface area contributed by atoms with Crippen LogP contribution in [-0.4, -0.2) is 92.1 Å². The number of thioether (sulfide) groups is 1. The largest absolute Gasteiger partial charge is 0.618 e. The molecule has 1 aromatic rings. The highest BCUT2D eigenvalue weighted by Gasteiger charge is 2.74. The Hall–Kier alpha value is -4.26. The number of hydrogen-bond acceptors (Lipinski definition) is 8. The topological polar surface area (TPSA) is 152 Å². The van der Waals surface area contributed by atoms with Crippen molar-refractivity contribution in [3.8, 4) is 5.75 Å². The van der Waals surface area contributed by atoms with Crippen LogP contribution in [-0.2, 0) is 19.1 Å². The molecule has 0 aromatic heterocycles. The molecular weight excluding hydrogens is 767 g/mol. The van der Waals surface area contributed by atoms with E-state index in [1.807, 2.05) is 40.9 Å². The van der Waals surface area contributed by atoms with Crippen molar-refractivity contribution in [2.45, 2.75) is 151 Å². The van der Waals surface area contributed by atoms with Gasteiger partial charge in [0.2, 0.25) is 17.3 Å². The van der Waals surface area contributed by atoms with Gasteiger partial charge in [0.15, 0.2) is 0 Å². The highest BCUT2D eigenvalue weighted by Crippen LogP contribution is 2.61. The number of esters is 1. The molecule has 4 amide bonds. The van der Waals surface area contributed by atoms with E-state index in [1.54, 1.807) is 0 Å². The molecule has 13 heteroatoms. The average molecular weight is 826 g/mol. The van der Waals surface area contributed by atoms with Crippen LogP contribution < -0.4 is 20.7 Å². The summed E-state index contributed by atoms with van der Waals surface area (Å²) in [5, 5.41) is 24.0. The Balaban J connectivity index is 0.699. The number of nitrogens with zero attached hydrogens (tertiary/aromatic N) is 2. The Morgan fingerprint density at radius 2 is 1.86 bits per heavy atom. The maximum absolute atomic E-state index is 14.4. The van der Waals surface area contributed by atoms with Crippen molar-refractivity contribution in [1.29, 1.82) is 0 Å². The molecule has 1 aliphatic carbocycles. The molecule has 12 nitrogen and oxygen atoms in total. The van der Waals surface area contributed by atoms with Gasteiger partial charge in [-0.2, -0.15) is 16.5 Å². The van der Waals surface area contributed by atoms with Gasteiger partial charge in [-0.25, -0.2) is 4.79 Å². The molecule has 9 aliphatic rings. The highest BCUT2D eigenvalue weighted by molar-refractivity contribution is 8.00. The molecule has 1 aromatic carbocycles. The van der Waals surface area contributed by atoms with E-state index < -0.39 is 22.1 Å². The lowest BCUT2D eigenvalue weighted by molar-refractivity contribution is -0.362. The van der Waals surface area contributed by atoms with Crippen molar-refractivity contribution in [3.05, 3.63) is 52.8 Å². The van der Waals surface area contributed by atoms with Crippen molar-refractivity contribution in [2.24, 2.45) is 11.3 Å². The summed E-state index contributed by atoms with van der Waals surface area (Å²) in [5.41, 5.74) is 0.301. The Morgan fingerprint density at radius 3 is 2.71 bits per heavy atom. The summed E-state index contributed by atoms with van der Waals surface area (Å²) in [6, 6.07) is 4.29. The van der Waals surface area contributed by atoms with Gasteiger partial charge < -0.3 is 35.5 Å². The fourth-order valence-corrected chi connectivity index (χ4v) is 13.0. The van der Waals surface area contributed by atoms with E-state index in [1.165, 1.54) is 6.42 Å². The first-order valence-electron chi connectivity index (χ1n) is 22.1. The van der Waals surface area contributed by atoms with Crippen LogP contribution in [0.4, 0.5) is 10.5 Å². The van der Waals surface area contributed by atoms with Crippen LogP contribution in [0.1, 0.15) is 128 Å². The first kappa shape index (κ1) is 40.2. The van der Waals surface area contributed by atoms with Gasteiger partial charge in [0, 0.05) is 36.3 Å². The molecule has 8 aliphatic heterocycles. The Morgan fingerprint density at radius 1 is 1.05 bits per heavy atom. The zero-order valence-electron chi connectivity index (χ0n) is 34.7. The molecule has 2 bridgehead atoms. The Kier molecular flexibility index (Phi) is 10.4. The summed E-state index contributed by atoms with van der Waals surface area (Å²) in [6.07, 6.45) is 24.0. The predicted octanol–water partition coefficient (Wildman–Crippen LogP) is 7.07. The molecule has 0 radical (unpaired) electrons. The number of carbonyl (C=O) groups is 4. The standard InChI is InChI=1S/C46H59N5O7S/c1-43(2)35-27-45-22-15-24-50(45)41(54)46(35,49-40(45)53)26-31-29-18-19-33-30(38(29)51(56)39(31)43)20-23-44(3,58-33)21-13-9-7-5-4-6-8-10-14-25-57-36(52)17-12-11-16-34-37-32(28-59-34)47-42(55)48-37/h9,13,18-20,23,26,32,34-35,37H,4-8,10-12,14-17,21-22,24-25,27-28H2,1-3H3,(H,49,53)(H2,47,48,55)/b13-9+/t32-,34-,35?,37-,44-,45?,46?/m0/s1.